The third kappa shape index (κ3) is 5.86. The lowest BCUT2D eigenvalue weighted by molar-refractivity contribution is -0.123. The molecular formula is C33H30FN7O5. The Labute approximate surface area is 262 Å². The van der Waals surface area contributed by atoms with Gasteiger partial charge < -0.3 is 34.7 Å². The van der Waals surface area contributed by atoms with Gasteiger partial charge in [0, 0.05) is 37.7 Å². The van der Waals surface area contributed by atoms with E-state index in [4.69, 9.17) is 14.2 Å². The molecule has 13 heteroatoms. The summed E-state index contributed by atoms with van der Waals surface area (Å²) < 4.78 is 33.0. The number of imidazole rings is 1. The lowest BCUT2D eigenvalue weighted by Crippen LogP contribution is -2.57. The summed E-state index contributed by atoms with van der Waals surface area (Å²) in [4.78, 5) is 44.4. The van der Waals surface area contributed by atoms with Gasteiger partial charge in [0.2, 0.25) is 0 Å². The molecule has 8 rings (SSSR count). The second-order valence-electron chi connectivity index (χ2n) is 11.0. The average Bonchev–Trinajstić information content (AvgIpc) is 3.57. The summed E-state index contributed by atoms with van der Waals surface area (Å²) >= 11 is 0. The minimum Gasteiger partial charge on any atom is -0.496 e. The summed E-state index contributed by atoms with van der Waals surface area (Å²) in [7, 11) is 1.54. The molecule has 6 bridgehead atoms. The zero-order valence-corrected chi connectivity index (χ0v) is 24.8. The summed E-state index contributed by atoms with van der Waals surface area (Å²) in [5.74, 6) is 0.595. The highest BCUT2D eigenvalue weighted by atomic mass is 19.1. The number of carbonyl (C=O) groups is 2. The van der Waals surface area contributed by atoms with Crippen LogP contribution in [0.3, 0.4) is 0 Å². The van der Waals surface area contributed by atoms with Crippen LogP contribution in [0.2, 0.25) is 0 Å². The van der Waals surface area contributed by atoms with Gasteiger partial charge in [-0.25, -0.2) is 19.3 Å². The molecule has 234 valence electrons. The molecule has 0 spiro atoms. The van der Waals surface area contributed by atoms with Crippen LogP contribution >= 0.6 is 0 Å². The summed E-state index contributed by atoms with van der Waals surface area (Å²) in [6.07, 6.45) is 3.05. The van der Waals surface area contributed by atoms with Crippen LogP contribution in [0.4, 0.5) is 10.2 Å². The Balaban J connectivity index is 1.26. The standard InChI is InChI=1S/C33H30FN7O5/c1-44-28-13-23-7-5-21(28)14-35-29(42)16-45-22-4-2-3-19(11-22)20-6-8-25(34)24(12-20)33(43)40-26-15-41(10-9-27(26)46-23)32-30-31(37-17-36-30)38-18-39-32/h2-8,11-13,17-18,26-27H,9-10,14-16H2,1H3,(H,35,42)(H,40,43)(H,36,37,38,39)/t26-,27+/m1/s1. The fourth-order valence-corrected chi connectivity index (χ4v) is 5.80. The zero-order chi connectivity index (χ0) is 31.6. The van der Waals surface area contributed by atoms with Crippen LogP contribution in [-0.2, 0) is 11.3 Å². The number of ether oxygens (including phenoxy) is 3. The maximum atomic E-state index is 15.2. The quantitative estimate of drug-likeness (QED) is 0.269. The molecule has 3 N–H and O–H groups in total. The number of amides is 2. The second kappa shape index (κ2) is 12.3. The number of halogens is 1. The second-order valence-corrected chi connectivity index (χ2v) is 11.0. The molecule has 1 saturated heterocycles. The molecule has 12 nitrogen and oxygen atoms in total. The van der Waals surface area contributed by atoms with Gasteiger partial charge in [-0.05, 0) is 47.5 Å². The summed E-state index contributed by atoms with van der Waals surface area (Å²) in [5, 5.41) is 5.91. The molecule has 1 fully saturated rings. The van der Waals surface area contributed by atoms with Gasteiger partial charge in [-0.2, -0.15) is 0 Å². The molecule has 5 heterocycles. The molecule has 3 aliphatic rings. The van der Waals surface area contributed by atoms with Crippen LogP contribution in [0.5, 0.6) is 17.2 Å². The van der Waals surface area contributed by atoms with E-state index >= 15 is 4.39 Å². The monoisotopic (exact) mass is 623 g/mol. The van der Waals surface area contributed by atoms with E-state index in [1.807, 2.05) is 17.0 Å². The number of piperidine rings is 1. The van der Waals surface area contributed by atoms with E-state index in [2.05, 4.69) is 30.6 Å². The van der Waals surface area contributed by atoms with E-state index in [0.717, 1.165) is 5.56 Å². The van der Waals surface area contributed by atoms with Gasteiger partial charge in [-0.15, -0.1) is 0 Å². The van der Waals surface area contributed by atoms with Crippen LogP contribution in [0.1, 0.15) is 22.3 Å². The average molecular weight is 624 g/mol. The minimum absolute atomic E-state index is 0.113. The molecule has 0 aliphatic carbocycles. The molecule has 2 aromatic heterocycles. The first-order chi connectivity index (χ1) is 22.4. The first-order valence-corrected chi connectivity index (χ1v) is 14.8. The van der Waals surface area contributed by atoms with Gasteiger partial charge in [-0.3, -0.25) is 9.59 Å². The number of H-pyrrole nitrogens is 1. The van der Waals surface area contributed by atoms with E-state index in [0.29, 0.717) is 64.9 Å². The fraction of sp³-hybridized carbons (Fsp3) is 0.242. The van der Waals surface area contributed by atoms with Crippen molar-refractivity contribution in [2.75, 3.05) is 31.7 Å². The van der Waals surface area contributed by atoms with Gasteiger partial charge in [0.1, 0.15) is 41.0 Å². The maximum absolute atomic E-state index is 15.2. The number of methoxy groups -OCH3 is 1. The number of aromatic nitrogens is 4. The van der Waals surface area contributed by atoms with Crippen LogP contribution in [0.15, 0.2) is 73.3 Å². The topological polar surface area (TPSA) is 144 Å². The molecular weight excluding hydrogens is 593 g/mol. The van der Waals surface area contributed by atoms with Crippen molar-refractivity contribution in [2.45, 2.75) is 25.1 Å². The molecule has 2 atom stereocenters. The Morgan fingerprint density at radius 1 is 1.00 bits per heavy atom. The van der Waals surface area contributed by atoms with Crippen molar-refractivity contribution in [2.24, 2.45) is 0 Å². The van der Waals surface area contributed by atoms with Crippen LogP contribution < -0.4 is 29.7 Å². The van der Waals surface area contributed by atoms with Gasteiger partial charge in [-0.1, -0.05) is 18.2 Å². The first kappa shape index (κ1) is 29.0. The highest BCUT2D eigenvalue weighted by Crippen LogP contribution is 2.30. The number of hydrogen-bond donors (Lipinski definition) is 3. The SMILES string of the molecule is COc1cc2ccc1CNC(=O)COc1cccc(c1)-c1ccc(F)c(c1)C(=O)N[C@@H]1CN(c3ncnc4nc[nH]c34)CC[C@@H]1O2. The smallest absolute Gasteiger partial charge is 0.258 e. The Hall–Kier alpha value is -5.72. The predicted molar refractivity (Wildman–Crippen MR) is 166 cm³/mol. The highest BCUT2D eigenvalue weighted by Gasteiger charge is 2.34. The van der Waals surface area contributed by atoms with Gasteiger partial charge in [0.25, 0.3) is 11.8 Å². The number of benzene rings is 3. The number of fused-ring (bicyclic) bond motifs is 8. The Bertz CT molecular complexity index is 1930. The predicted octanol–water partition coefficient (Wildman–Crippen LogP) is 3.63. The summed E-state index contributed by atoms with van der Waals surface area (Å²) in [5.41, 5.74) is 3.15. The summed E-state index contributed by atoms with van der Waals surface area (Å²) in [6, 6.07) is 16.2. The number of nitrogens with zero attached hydrogens (tertiary/aromatic N) is 4. The van der Waals surface area contributed by atoms with E-state index in [1.54, 1.807) is 49.8 Å². The van der Waals surface area contributed by atoms with Crippen LogP contribution in [0, 0.1) is 5.82 Å². The molecule has 5 aromatic rings. The zero-order valence-electron chi connectivity index (χ0n) is 24.8. The highest BCUT2D eigenvalue weighted by molar-refractivity contribution is 5.96. The van der Waals surface area contributed by atoms with Crippen molar-refractivity contribution in [1.82, 2.24) is 30.6 Å². The maximum Gasteiger partial charge on any atom is 0.258 e. The minimum atomic E-state index is -0.659. The fourth-order valence-electron chi connectivity index (χ4n) is 5.80. The summed E-state index contributed by atoms with van der Waals surface area (Å²) in [6.45, 7) is 0.905. The number of aromatic amines is 1. The van der Waals surface area contributed by atoms with Gasteiger partial charge >= 0.3 is 0 Å². The van der Waals surface area contributed by atoms with Crippen LogP contribution in [-0.4, -0.2) is 70.7 Å². The van der Waals surface area contributed by atoms with Crippen LogP contribution in [0.25, 0.3) is 22.3 Å². The van der Waals surface area contributed by atoms with E-state index in [-0.39, 0.29) is 24.6 Å². The van der Waals surface area contributed by atoms with E-state index < -0.39 is 23.9 Å². The third-order valence-electron chi connectivity index (χ3n) is 8.14. The van der Waals surface area contributed by atoms with E-state index in [9.17, 15) is 9.59 Å². The Morgan fingerprint density at radius 2 is 1.89 bits per heavy atom. The van der Waals surface area contributed by atoms with E-state index in [1.165, 1.54) is 18.5 Å². The largest absolute Gasteiger partial charge is 0.496 e. The van der Waals surface area contributed by atoms with Gasteiger partial charge in [0.05, 0.1) is 25.0 Å². The number of hydrogen-bond acceptors (Lipinski definition) is 9. The number of anilines is 1. The molecule has 0 saturated carbocycles. The normalized spacial score (nSPS) is 18.5. The third-order valence-corrected chi connectivity index (χ3v) is 8.14. The van der Waals surface area contributed by atoms with Crippen molar-refractivity contribution in [3.05, 3.63) is 90.3 Å². The Morgan fingerprint density at radius 3 is 2.78 bits per heavy atom. The molecule has 46 heavy (non-hydrogen) atoms. The lowest BCUT2D eigenvalue weighted by Gasteiger charge is -2.39. The number of rotatable bonds is 2. The Kier molecular flexibility index (Phi) is 7.79. The lowest BCUT2D eigenvalue weighted by atomic mass is 9.99. The first-order valence-electron chi connectivity index (χ1n) is 14.8. The van der Waals surface area contributed by atoms with Crippen molar-refractivity contribution in [1.29, 1.82) is 0 Å². The van der Waals surface area contributed by atoms with Gasteiger partial charge in [0.15, 0.2) is 18.1 Å². The molecule has 0 radical (unpaired) electrons. The van der Waals surface area contributed by atoms with Crippen molar-refractivity contribution >= 4 is 28.8 Å². The van der Waals surface area contributed by atoms with Crippen molar-refractivity contribution < 1.29 is 28.2 Å². The molecule has 3 aliphatic heterocycles. The van der Waals surface area contributed by atoms with Crippen molar-refractivity contribution in [3.63, 3.8) is 0 Å². The number of carbonyl (C=O) groups excluding carboxylic acids is 2. The molecule has 3 aromatic carbocycles. The van der Waals surface area contributed by atoms with Crippen molar-refractivity contribution in [3.8, 4) is 28.4 Å². The molecule has 0 unspecified atom stereocenters. The molecule has 2 amide bonds. The number of nitrogens with one attached hydrogen (secondary N) is 3.